The van der Waals surface area contributed by atoms with E-state index < -0.39 is 0 Å². The lowest BCUT2D eigenvalue weighted by atomic mass is 10.1. The van der Waals surface area contributed by atoms with E-state index in [-0.39, 0.29) is 6.17 Å². The molecule has 0 saturated heterocycles. The van der Waals surface area contributed by atoms with Gasteiger partial charge in [0.25, 0.3) is 0 Å². The predicted octanol–water partition coefficient (Wildman–Crippen LogP) is 2.73. The van der Waals surface area contributed by atoms with Crippen LogP contribution in [0.1, 0.15) is 22.9 Å². The van der Waals surface area contributed by atoms with Crippen molar-refractivity contribution in [3.05, 3.63) is 94.0 Å². The van der Waals surface area contributed by atoms with Crippen LogP contribution in [-0.2, 0) is 13.1 Å². The number of hydrogen-bond donors (Lipinski definition) is 1. The number of nitrogens with zero attached hydrogens (tertiary/aromatic N) is 2. The zero-order chi connectivity index (χ0) is 20.2. The Morgan fingerprint density at radius 2 is 1.66 bits per heavy atom. The van der Waals surface area contributed by atoms with Gasteiger partial charge in [-0.15, -0.1) is 0 Å². The van der Waals surface area contributed by atoms with Crippen LogP contribution in [0.15, 0.2) is 71.7 Å². The second kappa shape index (κ2) is 8.37. The molecule has 2 N–H and O–H groups in total. The second-order valence-corrected chi connectivity index (χ2v) is 7.03. The molecule has 3 aromatic rings. The number of methoxy groups -OCH3 is 2. The van der Waals surface area contributed by atoms with Gasteiger partial charge in [-0.3, -0.25) is 4.99 Å². The Hall–Kier alpha value is -3.31. The molecule has 1 atom stereocenters. The molecule has 0 spiro atoms. The van der Waals surface area contributed by atoms with E-state index >= 15 is 0 Å². The number of fused-ring (bicyclic) bond motifs is 1. The molecular formula is C24H25N3O2. The van der Waals surface area contributed by atoms with Crippen molar-refractivity contribution in [2.24, 2.45) is 10.7 Å². The van der Waals surface area contributed by atoms with Crippen LogP contribution in [0, 0.1) is 0 Å². The van der Waals surface area contributed by atoms with Gasteiger partial charge in [0, 0.05) is 30.1 Å². The number of benzene rings is 3. The van der Waals surface area contributed by atoms with E-state index in [2.05, 4.69) is 35.4 Å². The van der Waals surface area contributed by atoms with Gasteiger partial charge in [0.1, 0.15) is 17.7 Å². The van der Waals surface area contributed by atoms with Gasteiger partial charge < -0.3 is 20.1 Å². The maximum absolute atomic E-state index is 5.83. The summed E-state index contributed by atoms with van der Waals surface area (Å²) in [7, 11) is 3.36. The molecule has 3 aromatic carbocycles. The highest BCUT2D eigenvalue weighted by Gasteiger charge is 2.21. The summed E-state index contributed by atoms with van der Waals surface area (Å²) in [4.78, 5) is 7.29. The highest BCUT2D eigenvalue weighted by molar-refractivity contribution is 5.37. The number of ether oxygens (including phenoxy) is 2. The van der Waals surface area contributed by atoms with E-state index in [1.807, 2.05) is 42.5 Å². The summed E-state index contributed by atoms with van der Waals surface area (Å²) in [5, 5.41) is 1.99. The van der Waals surface area contributed by atoms with Crippen molar-refractivity contribution in [3.8, 4) is 11.5 Å². The third-order valence-electron chi connectivity index (χ3n) is 5.10. The summed E-state index contributed by atoms with van der Waals surface area (Å²) in [6, 6.07) is 22.4. The van der Waals surface area contributed by atoms with Crippen molar-refractivity contribution in [2.75, 3.05) is 14.2 Å². The van der Waals surface area contributed by atoms with Gasteiger partial charge in [-0.25, -0.2) is 0 Å². The summed E-state index contributed by atoms with van der Waals surface area (Å²) < 4.78 is 10.8. The van der Waals surface area contributed by atoms with Crippen molar-refractivity contribution in [3.63, 3.8) is 0 Å². The molecule has 0 aromatic heterocycles. The monoisotopic (exact) mass is 387 g/mol. The van der Waals surface area contributed by atoms with Gasteiger partial charge in [0.05, 0.1) is 19.6 Å². The van der Waals surface area contributed by atoms with E-state index in [1.54, 1.807) is 14.2 Å². The summed E-state index contributed by atoms with van der Waals surface area (Å²) >= 11 is 0. The molecule has 1 aliphatic heterocycles. The first-order valence-corrected chi connectivity index (χ1v) is 9.61. The van der Waals surface area contributed by atoms with Crippen LogP contribution in [0.5, 0.6) is 11.5 Å². The van der Waals surface area contributed by atoms with Crippen molar-refractivity contribution < 1.29 is 9.47 Å². The number of hydrogen-bond acceptors (Lipinski definition) is 5. The number of nitrogens with two attached hydrogens (primary N) is 1. The maximum atomic E-state index is 5.83. The van der Waals surface area contributed by atoms with E-state index in [4.69, 9.17) is 20.2 Å². The third-order valence-corrected chi connectivity index (χ3v) is 5.10. The Kier molecular flexibility index (Phi) is 5.49. The van der Waals surface area contributed by atoms with Gasteiger partial charge in [0.2, 0.25) is 0 Å². The van der Waals surface area contributed by atoms with Crippen LogP contribution in [0.4, 0.5) is 0 Å². The minimum atomic E-state index is -0.146. The largest absolute Gasteiger partial charge is 0.497 e. The standard InChI is InChI=1S/C24H25N3O2/c1-28-21-8-4-7-19(12-21)24-26-23-10-9-22(29-2)13-20(23)16-27(24)15-18-6-3-5-17(11-18)14-25/h3-13,16,24H,14-15,25H2,1-2H3. The fourth-order valence-corrected chi connectivity index (χ4v) is 3.60. The molecule has 0 bridgehead atoms. The van der Waals surface area contributed by atoms with E-state index in [1.165, 1.54) is 5.56 Å². The molecule has 4 rings (SSSR count). The molecule has 148 valence electrons. The Morgan fingerprint density at radius 3 is 2.45 bits per heavy atom. The summed E-state index contributed by atoms with van der Waals surface area (Å²) in [6.07, 6.45) is 2.01. The highest BCUT2D eigenvalue weighted by Crippen LogP contribution is 2.28. The molecule has 0 aliphatic carbocycles. The van der Waals surface area contributed by atoms with Crippen molar-refractivity contribution in [1.29, 1.82) is 0 Å². The first-order chi connectivity index (χ1) is 14.2. The van der Waals surface area contributed by atoms with Crippen molar-refractivity contribution >= 4 is 6.20 Å². The Labute approximate surface area is 170 Å². The lowest BCUT2D eigenvalue weighted by molar-refractivity contribution is 0.297. The number of rotatable bonds is 6. The zero-order valence-electron chi connectivity index (χ0n) is 16.7. The molecule has 5 heteroatoms. The molecule has 5 nitrogen and oxygen atoms in total. The molecule has 1 unspecified atom stereocenters. The van der Waals surface area contributed by atoms with Crippen LogP contribution in [0.2, 0.25) is 0 Å². The minimum Gasteiger partial charge on any atom is -0.497 e. The highest BCUT2D eigenvalue weighted by atomic mass is 16.5. The van der Waals surface area contributed by atoms with Crippen molar-refractivity contribution in [1.82, 2.24) is 4.90 Å². The molecule has 29 heavy (non-hydrogen) atoms. The average molecular weight is 387 g/mol. The Balaban J connectivity index is 1.79. The van der Waals surface area contributed by atoms with E-state index in [9.17, 15) is 0 Å². The fourth-order valence-electron chi connectivity index (χ4n) is 3.60. The summed E-state index contributed by atoms with van der Waals surface area (Å²) in [6.45, 7) is 1.25. The Bertz CT molecular complexity index is 1130. The molecule has 1 heterocycles. The first-order valence-electron chi connectivity index (χ1n) is 9.61. The third kappa shape index (κ3) is 4.10. The lowest BCUT2D eigenvalue weighted by Crippen LogP contribution is -2.37. The molecule has 0 radical (unpaired) electrons. The quantitative estimate of drug-likeness (QED) is 0.707. The maximum Gasteiger partial charge on any atom is 0.147 e. The predicted molar refractivity (Wildman–Crippen MR) is 114 cm³/mol. The summed E-state index contributed by atoms with van der Waals surface area (Å²) in [5.74, 6) is 1.64. The van der Waals surface area contributed by atoms with Crippen LogP contribution in [-0.4, -0.2) is 19.1 Å². The van der Waals surface area contributed by atoms with Gasteiger partial charge in [0.15, 0.2) is 0 Å². The van der Waals surface area contributed by atoms with Gasteiger partial charge in [-0.05, 0) is 41.5 Å². The molecule has 0 saturated carbocycles. The smallest absolute Gasteiger partial charge is 0.147 e. The average Bonchev–Trinajstić information content (AvgIpc) is 2.78. The van der Waals surface area contributed by atoms with E-state index in [0.29, 0.717) is 6.54 Å². The van der Waals surface area contributed by atoms with E-state index in [0.717, 1.165) is 39.7 Å². The van der Waals surface area contributed by atoms with Gasteiger partial charge in [-0.2, -0.15) is 0 Å². The molecular weight excluding hydrogens is 362 g/mol. The summed E-state index contributed by atoms with van der Waals surface area (Å²) in [5.41, 5.74) is 9.23. The van der Waals surface area contributed by atoms with Crippen LogP contribution < -0.4 is 25.8 Å². The van der Waals surface area contributed by atoms with Gasteiger partial charge >= 0.3 is 0 Å². The SMILES string of the molecule is COc1cccc(C2N=c3ccc(OC)cc3=CN2Cc2cccc(CN)c2)c1. The van der Waals surface area contributed by atoms with Crippen LogP contribution in [0.25, 0.3) is 6.20 Å². The minimum absolute atomic E-state index is 0.146. The molecule has 0 fully saturated rings. The second-order valence-electron chi connectivity index (χ2n) is 7.03. The van der Waals surface area contributed by atoms with Crippen LogP contribution in [0.3, 0.4) is 0 Å². The molecule has 0 amide bonds. The van der Waals surface area contributed by atoms with Gasteiger partial charge in [-0.1, -0.05) is 36.4 Å². The normalized spacial score (nSPS) is 15.1. The van der Waals surface area contributed by atoms with Crippen LogP contribution >= 0.6 is 0 Å². The fraction of sp³-hybridized carbons (Fsp3) is 0.208. The first kappa shape index (κ1) is 19.0. The van der Waals surface area contributed by atoms with Crippen molar-refractivity contribution in [2.45, 2.75) is 19.3 Å². The molecule has 1 aliphatic rings. The lowest BCUT2D eigenvalue weighted by Gasteiger charge is -2.31. The Morgan fingerprint density at radius 1 is 0.897 bits per heavy atom. The topological polar surface area (TPSA) is 60.1 Å². The zero-order valence-corrected chi connectivity index (χ0v) is 16.7.